The van der Waals surface area contributed by atoms with Gasteiger partial charge in [0.05, 0.1) is 4.90 Å². The Balaban J connectivity index is 0.000000211. The summed E-state index contributed by atoms with van der Waals surface area (Å²) in [6.45, 7) is 1.82. The Morgan fingerprint density at radius 2 is 1.76 bits per heavy atom. The molecule has 6 nitrogen and oxygen atoms in total. The summed E-state index contributed by atoms with van der Waals surface area (Å²) in [6.07, 6.45) is 3.34. The SMILES string of the molecule is C[n+]1cccc(C(=O)O)c1.Cc1ccc(S(=O)(=O)[O-])cc1. The Morgan fingerprint density at radius 1 is 1.19 bits per heavy atom. The highest BCUT2D eigenvalue weighted by Crippen LogP contribution is 2.08. The summed E-state index contributed by atoms with van der Waals surface area (Å²) in [5.74, 6) is -0.892. The molecular formula is C14H15NO5S. The van der Waals surface area contributed by atoms with Crippen LogP contribution >= 0.6 is 0 Å². The quantitative estimate of drug-likeness (QED) is 0.662. The first-order chi connectivity index (χ1) is 9.70. The van der Waals surface area contributed by atoms with Crippen LogP contribution < -0.4 is 4.57 Å². The third kappa shape index (κ3) is 5.72. The number of aromatic nitrogens is 1. The monoisotopic (exact) mass is 309 g/mol. The molecule has 0 atom stereocenters. The van der Waals surface area contributed by atoms with Crippen LogP contribution in [0.2, 0.25) is 0 Å². The zero-order valence-electron chi connectivity index (χ0n) is 11.6. The highest BCUT2D eigenvalue weighted by Gasteiger charge is 2.04. The Kier molecular flexibility index (Phi) is 5.57. The van der Waals surface area contributed by atoms with E-state index in [-0.39, 0.29) is 4.90 Å². The van der Waals surface area contributed by atoms with Crippen molar-refractivity contribution in [2.75, 3.05) is 0 Å². The van der Waals surface area contributed by atoms with E-state index < -0.39 is 16.1 Å². The number of carbonyl (C=O) groups is 1. The lowest BCUT2D eigenvalue weighted by molar-refractivity contribution is -0.671. The van der Waals surface area contributed by atoms with Gasteiger partial charge in [0, 0.05) is 6.07 Å². The van der Waals surface area contributed by atoms with Gasteiger partial charge in [-0.3, -0.25) is 0 Å². The van der Waals surface area contributed by atoms with Gasteiger partial charge in [-0.2, -0.15) is 0 Å². The smallest absolute Gasteiger partial charge is 0.341 e. The van der Waals surface area contributed by atoms with Crippen LogP contribution in [0.5, 0.6) is 0 Å². The second-order valence-electron chi connectivity index (χ2n) is 4.33. The van der Waals surface area contributed by atoms with Gasteiger partial charge in [-0.1, -0.05) is 17.7 Å². The molecule has 1 aromatic heterocycles. The third-order valence-electron chi connectivity index (χ3n) is 2.50. The third-order valence-corrected chi connectivity index (χ3v) is 3.35. The number of hydrogen-bond acceptors (Lipinski definition) is 4. The summed E-state index contributed by atoms with van der Waals surface area (Å²) in [4.78, 5) is 10.2. The fraction of sp³-hybridized carbons (Fsp3) is 0.143. The van der Waals surface area contributed by atoms with Crippen LogP contribution in [0.15, 0.2) is 53.7 Å². The Labute approximate surface area is 123 Å². The first-order valence-electron chi connectivity index (χ1n) is 5.91. The first-order valence-corrected chi connectivity index (χ1v) is 7.32. The van der Waals surface area contributed by atoms with Gasteiger partial charge in [0.15, 0.2) is 12.4 Å². The van der Waals surface area contributed by atoms with Crippen molar-refractivity contribution in [3.05, 3.63) is 59.9 Å². The lowest BCUT2D eigenvalue weighted by Gasteiger charge is -2.05. The second kappa shape index (κ2) is 6.96. The van der Waals surface area contributed by atoms with E-state index in [0.29, 0.717) is 5.56 Å². The van der Waals surface area contributed by atoms with Crippen LogP contribution in [0, 0.1) is 6.92 Å². The number of nitrogens with zero attached hydrogens (tertiary/aromatic N) is 1. The van der Waals surface area contributed by atoms with Crippen molar-refractivity contribution >= 4 is 16.1 Å². The van der Waals surface area contributed by atoms with E-state index in [1.165, 1.54) is 12.1 Å². The number of hydrogen-bond donors (Lipinski definition) is 1. The molecule has 0 fully saturated rings. The highest BCUT2D eigenvalue weighted by molar-refractivity contribution is 7.85. The van der Waals surface area contributed by atoms with Gasteiger partial charge < -0.3 is 9.66 Å². The van der Waals surface area contributed by atoms with Gasteiger partial charge in [0.25, 0.3) is 0 Å². The Hall–Kier alpha value is -2.25. The Bertz CT molecular complexity index is 723. The molecule has 2 rings (SSSR count). The number of pyridine rings is 1. The summed E-state index contributed by atoms with van der Waals surface area (Å²) in [5.41, 5.74) is 1.24. The molecule has 1 aromatic carbocycles. The molecular weight excluding hydrogens is 294 g/mol. The van der Waals surface area contributed by atoms with Gasteiger partial charge in [-0.15, -0.1) is 0 Å². The fourth-order valence-electron chi connectivity index (χ4n) is 1.42. The van der Waals surface area contributed by atoms with Crippen molar-refractivity contribution in [2.24, 2.45) is 7.05 Å². The molecule has 0 unspecified atom stereocenters. The molecule has 0 aliphatic rings. The van der Waals surface area contributed by atoms with Crippen molar-refractivity contribution < 1.29 is 27.4 Å². The number of carboxylic acid groups (broad SMARTS) is 1. The average molecular weight is 309 g/mol. The maximum absolute atomic E-state index is 10.4. The molecule has 21 heavy (non-hydrogen) atoms. The lowest BCUT2D eigenvalue weighted by Crippen LogP contribution is -2.27. The van der Waals surface area contributed by atoms with E-state index >= 15 is 0 Å². The molecule has 1 heterocycles. The standard InChI is InChI=1S/C7H7NO2.C7H8O3S/c1-8-4-2-3-6(5-8)7(9)10;1-6-2-4-7(5-3-6)11(8,9)10/h2-5H,1H3;2-5H,1H3,(H,8,9,10). The van der Waals surface area contributed by atoms with Crippen LogP contribution in [-0.4, -0.2) is 24.0 Å². The zero-order chi connectivity index (χ0) is 16.0. The van der Waals surface area contributed by atoms with Gasteiger partial charge in [0.1, 0.15) is 22.7 Å². The lowest BCUT2D eigenvalue weighted by atomic mass is 10.2. The highest BCUT2D eigenvalue weighted by atomic mass is 32.2. The van der Waals surface area contributed by atoms with Crippen molar-refractivity contribution in [1.82, 2.24) is 0 Å². The number of carboxylic acids is 1. The van der Waals surface area contributed by atoms with E-state index in [1.54, 1.807) is 48.3 Å². The summed E-state index contributed by atoms with van der Waals surface area (Å²) in [5, 5.41) is 8.50. The molecule has 0 saturated heterocycles. The maximum Gasteiger partial charge on any atom is 0.341 e. The van der Waals surface area contributed by atoms with E-state index in [1.807, 2.05) is 6.92 Å². The normalized spacial score (nSPS) is 10.4. The summed E-state index contributed by atoms with van der Waals surface area (Å²) < 4.78 is 32.9. The predicted octanol–water partition coefficient (Wildman–Crippen LogP) is 1.11. The minimum absolute atomic E-state index is 0.178. The molecule has 0 bridgehead atoms. The topological polar surface area (TPSA) is 98.4 Å². The van der Waals surface area contributed by atoms with Gasteiger partial charge >= 0.3 is 5.97 Å². The predicted molar refractivity (Wildman–Crippen MR) is 73.7 cm³/mol. The molecule has 0 radical (unpaired) electrons. The molecule has 0 amide bonds. The molecule has 7 heteroatoms. The Morgan fingerprint density at radius 3 is 2.14 bits per heavy atom. The van der Waals surface area contributed by atoms with Crippen molar-refractivity contribution in [3.8, 4) is 0 Å². The van der Waals surface area contributed by atoms with Crippen molar-refractivity contribution in [3.63, 3.8) is 0 Å². The first kappa shape index (κ1) is 16.8. The number of aromatic carboxylic acids is 1. The molecule has 0 aliphatic carbocycles. The minimum atomic E-state index is -4.27. The summed E-state index contributed by atoms with van der Waals surface area (Å²) >= 11 is 0. The van der Waals surface area contributed by atoms with Gasteiger partial charge in [-0.05, 0) is 25.1 Å². The van der Waals surface area contributed by atoms with Crippen LogP contribution in [0.3, 0.4) is 0 Å². The van der Waals surface area contributed by atoms with E-state index in [0.717, 1.165) is 5.56 Å². The van der Waals surface area contributed by atoms with Gasteiger partial charge in [-0.25, -0.2) is 17.8 Å². The van der Waals surface area contributed by atoms with Crippen LogP contribution in [0.4, 0.5) is 0 Å². The van der Waals surface area contributed by atoms with E-state index in [2.05, 4.69) is 0 Å². The van der Waals surface area contributed by atoms with Crippen molar-refractivity contribution in [2.45, 2.75) is 11.8 Å². The average Bonchev–Trinajstić information content (AvgIpc) is 2.39. The molecule has 0 saturated carbocycles. The largest absolute Gasteiger partial charge is 0.744 e. The molecule has 112 valence electrons. The van der Waals surface area contributed by atoms with E-state index in [4.69, 9.17) is 5.11 Å². The zero-order valence-corrected chi connectivity index (χ0v) is 12.4. The molecule has 2 aromatic rings. The van der Waals surface area contributed by atoms with Gasteiger partial charge in [0.2, 0.25) is 0 Å². The summed E-state index contributed by atoms with van der Waals surface area (Å²) in [6, 6.07) is 9.04. The number of benzene rings is 1. The molecule has 0 aliphatic heterocycles. The number of rotatable bonds is 2. The summed E-state index contributed by atoms with van der Waals surface area (Å²) in [7, 11) is -2.49. The van der Waals surface area contributed by atoms with Crippen molar-refractivity contribution in [1.29, 1.82) is 0 Å². The molecule has 0 spiro atoms. The fourth-order valence-corrected chi connectivity index (χ4v) is 1.89. The minimum Gasteiger partial charge on any atom is -0.744 e. The number of aryl methyl sites for hydroxylation is 2. The van der Waals surface area contributed by atoms with E-state index in [9.17, 15) is 17.8 Å². The van der Waals surface area contributed by atoms with Crippen LogP contribution in [0.25, 0.3) is 0 Å². The molecule has 1 N–H and O–H groups in total. The van der Waals surface area contributed by atoms with Crippen LogP contribution in [-0.2, 0) is 17.2 Å². The second-order valence-corrected chi connectivity index (χ2v) is 5.71. The van der Waals surface area contributed by atoms with Crippen LogP contribution in [0.1, 0.15) is 15.9 Å². The maximum atomic E-state index is 10.4.